The number of hydrogen-bond acceptors (Lipinski definition) is 1. The van der Waals surface area contributed by atoms with Crippen molar-refractivity contribution >= 4 is 17.3 Å². The molecule has 0 heterocycles. The summed E-state index contributed by atoms with van der Waals surface area (Å²) in [5, 5.41) is 0. The van der Waals surface area contributed by atoms with Crippen LogP contribution in [-0.2, 0) is 0 Å². The van der Waals surface area contributed by atoms with E-state index in [0.29, 0.717) is 6.42 Å². The first-order chi connectivity index (χ1) is 8.91. The highest BCUT2D eigenvalue weighted by Crippen LogP contribution is 2.39. The number of alkyl halides is 3. The number of aryl methyl sites for hydroxylation is 1. The molecule has 1 aromatic carbocycles. The van der Waals surface area contributed by atoms with E-state index in [9.17, 15) is 13.2 Å². The van der Waals surface area contributed by atoms with Crippen LogP contribution in [0.2, 0.25) is 0 Å². The minimum Gasteiger partial charge on any atom is -0.171 e. The predicted octanol–water partition coefficient (Wildman–Crippen LogP) is 5.46. The van der Waals surface area contributed by atoms with Crippen LogP contribution in [0.5, 0.6) is 0 Å². The minimum atomic E-state index is -4.05. The summed E-state index contributed by atoms with van der Waals surface area (Å²) in [6, 6.07) is 6.14. The summed E-state index contributed by atoms with van der Waals surface area (Å²) in [5.41, 5.74) is 3.30. The Labute approximate surface area is 116 Å². The average molecular weight is 286 g/mol. The summed E-state index contributed by atoms with van der Waals surface area (Å²) in [5.74, 6) is -1.16. The lowest BCUT2D eigenvalue weighted by molar-refractivity contribution is -0.175. The van der Waals surface area contributed by atoms with Gasteiger partial charge in [0.25, 0.3) is 0 Å². The molecule has 1 atom stereocenters. The van der Waals surface area contributed by atoms with E-state index in [0.717, 1.165) is 11.1 Å². The Bertz CT molecular complexity index is 489. The molecule has 0 N–H and O–H groups in total. The summed E-state index contributed by atoms with van der Waals surface area (Å²) in [6.45, 7) is 2.04. The third-order valence-corrected chi connectivity index (χ3v) is 4.54. The number of thioether (sulfide) groups is 1. The van der Waals surface area contributed by atoms with Gasteiger partial charge in [0.05, 0.1) is 5.92 Å². The predicted molar refractivity (Wildman–Crippen MR) is 74.3 cm³/mol. The zero-order valence-corrected chi connectivity index (χ0v) is 11.9. The Morgan fingerprint density at radius 1 is 1.26 bits per heavy atom. The summed E-state index contributed by atoms with van der Waals surface area (Å²) in [7, 11) is 0. The van der Waals surface area contributed by atoms with Crippen LogP contribution in [0.25, 0.3) is 5.57 Å². The largest absolute Gasteiger partial charge is 0.392 e. The number of halogens is 3. The Morgan fingerprint density at radius 3 is 2.47 bits per heavy atom. The normalized spacial score (nSPS) is 20.3. The molecular formula is C15H17F3S. The first-order valence-corrected chi connectivity index (χ1v) is 7.55. The molecule has 4 heteroatoms. The topological polar surface area (TPSA) is 0 Å². The number of hydrogen-bond donors (Lipinski definition) is 0. The molecule has 0 amide bonds. The van der Waals surface area contributed by atoms with Crippen molar-refractivity contribution < 1.29 is 13.2 Å². The number of benzene rings is 1. The minimum absolute atomic E-state index is 0.113. The Balaban J connectivity index is 2.16. The summed E-state index contributed by atoms with van der Waals surface area (Å²) < 4.78 is 37.8. The van der Waals surface area contributed by atoms with Crippen molar-refractivity contribution in [1.29, 1.82) is 0 Å². The average Bonchev–Trinajstić information content (AvgIpc) is 2.38. The summed E-state index contributed by atoms with van der Waals surface area (Å²) in [6.07, 6.45) is 0.564. The smallest absolute Gasteiger partial charge is 0.171 e. The highest BCUT2D eigenvalue weighted by Gasteiger charge is 2.39. The van der Waals surface area contributed by atoms with Crippen LogP contribution >= 0.6 is 11.8 Å². The Hall–Kier alpha value is -0.900. The maximum Gasteiger partial charge on any atom is 0.392 e. The Morgan fingerprint density at radius 2 is 2.00 bits per heavy atom. The fourth-order valence-corrected chi connectivity index (χ4v) is 3.06. The van der Waals surface area contributed by atoms with Gasteiger partial charge in [0, 0.05) is 4.90 Å². The molecule has 0 aromatic heterocycles. The molecule has 0 bridgehead atoms. The van der Waals surface area contributed by atoms with Crippen molar-refractivity contribution in [3.63, 3.8) is 0 Å². The Kier molecular flexibility index (Phi) is 4.29. The molecule has 0 radical (unpaired) electrons. The van der Waals surface area contributed by atoms with E-state index in [-0.39, 0.29) is 12.8 Å². The summed E-state index contributed by atoms with van der Waals surface area (Å²) >= 11 is 1.69. The second-order valence-corrected chi connectivity index (χ2v) is 5.77. The summed E-state index contributed by atoms with van der Waals surface area (Å²) in [4.78, 5) is 1.22. The fourth-order valence-electron chi connectivity index (χ4n) is 2.47. The zero-order chi connectivity index (χ0) is 14.0. The first-order valence-electron chi connectivity index (χ1n) is 6.32. The van der Waals surface area contributed by atoms with Crippen molar-refractivity contribution in [1.82, 2.24) is 0 Å². The quantitative estimate of drug-likeness (QED) is 0.650. The molecule has 0 spiro atoms. The fraction of sp³-hybridized carbons (Fsp3) is 0.467. The van der Waals surface area contributed by atoms with Gasteiger partial charge < -0.3 is 0 Å². The van der Waals surface area contributed by atoms with E-state index in [1.54, 1.807) is 17.8 Å². The SMILES string of the molecule is CSc1ccc(C2=CCC(C(F)(F)F)CC2)cc1C. The van der Waals surface area contributed by atoms with Gasteiger partial charge in [-0.25, -0.2) is 0 Å². The second-order valence-electron chi connectivity index (χ2n) is 4.93. The van der Waals surface area contributed by atoms with Crippen LogP contribution in [0.4, 0.5) is 13.2 Å². The molecule has 1 unspecified atom stereocenters. The monoisotopic (exact) mass is 286 g/mol. The van der Waals surface area contributed by atoms with Crippen molar-refractivity contribution in [2.45, 2.75) is 37.3 Å². The van der Waals surface area contributed by atoms with Crippen molar-refractivity contribution in [3.05, 3.63) is 35.4 Å². The zero-order valence-electron chi connectivity index (χ0n) is 11.1. The number of rotatable bonds is 2. The van der Waals surface area contributed by atoms with E-state index in [2.05, 4.69) is 6.07 Å². The van der Waals surface area contributed by atoms with Crippen LogP contribution in [0.15, 0.2) is 29.2 Å². The van der Waals surface area contributed by atoms with Gasteiger partial charge in [0.2, 0.25) is 0 Å². The maximum absolute atomic E-state index is 12.6. The van der Waals surface area contributed by atoms with Gasteiger partial charge in [-0.1, -0.05) is 18.2 Å². The number of allylic oxidation sites excluding steroid dienone is 2. The molecule has 0 nitrogen and oxygen atoms in total. The van der Waals surface area contributed by atoms with Gasteiger partial charge in [-0.15, -0.1) is 11.8 Å². The van der Waals surface area contributed by atoms with Crippen molar-refractivity contribution in [2.24, 2.45) is 5.92 Å². The van der Waals surface area contributed by atoms with E-state index < -0.39 is 12.1 Å². The van der Waals surface area contributed by atoms with Crippen LogP contribution in [0, 0.1) is 12.8 Å². The van der Waals surface area contributed by atoms with Crippen LogP contribution in [-0.4, -0.2) is 12.4 Å². The third-order valence-electron chi connectivity index (χ3n) is 3.64. The highest BCUT2D eigenvalue weighted by molar-refractivity contribution is 7.98. The van der Waals surface area contributed by atoms with Gasteiger partial charge in [-0.3, -0.25) is 0 Å². The molecule has 0 saturated heterocycles. The molecule has 0 saturated carbocycles. The van der Waals surface area contributed by atoms with E-state index >= 15 is 0 Å². The molecule has 1 aliphatic rings. The molecule has 0 aliphatic heterocycles. The van der Waals surface area contributed by atoms with Gasteiger partial charge >= 0.3 is 6.18 Å². The van der Waals surface area contributed by atoms with Gasteiger partial charge in [0.1, 0.15) is 0 Å². The van der Waals surface area contributed by atoms with E-state index in [1.807, 2.05) is 25.3 Å². The van der Waals surface area contributed by atoms with Crippen molar-refractivity contribution in [2.75, 3.05) is 6.26 Å². The molecule has 0 fully saturated rings. The lowest BCUT2D eigenvalue weighted by Crippen LogP contribution is -2.24. The molecule has 104 valence electrons. The van der Waals surface area contributed by atoms with Crippen molar-refractivity contribution in [3.8, 4) is 0 Å². The standard InChI is InChI=1S/C15H17F3S/c1-10-9-12(5-8-14(10)19-2)11-3-6-13(7-4-11)15(16,17)18/h3,5,8-9,13H,4,6-7H2,1-2H3. The van der Waals surface area contributed by atoms with E-state index in [4.69, 9.17) is 0 Å². The second kappa shape index (κ2) is 5.61. The molecule has 1 aromatic rings. The van der Waals surface area contributed by atoms with Crippen LogP contribution in [0.3, 0.4) is 0 Å². The van der Waals surface area contributed by atoms with E-state index in [1.165, 1.54) is 10.5 Å². The third kappa shape index (κ3) is 3.35. The lowest BCUT2D eigenvalue weighted by atomic mass is 9.86. The molecule has 1 aliphatic carbocycles. The lowest BCUT2D eigenvalue weighted by Gasteiger charge is -2.24. The van der Waals surface area contributed by atoms with Crippen LogP contribution < -0.4 is 0 Å². The van der Waals surface area contributed by atoms with Gasteiger partial charge in [0.15, 0.2) is 0 Å². The molecule has 19 heavy (non-hydrogen) atoms. The highest BCUT2D eigenvalue weighted by atomic mass is 32.2. The van der Waals surface area contributed by atoms with Gasteiger partial charge in [-0.2, -0.15) is 13.2 Å². The molecule has 2 rings (SSSR count). The molecular weight excluding hydrogens is 269 g/mol. The maximum atomic E-state index is 12.6. The van der Waals surface area contributed by atoms with Gasteiger partial charge in [-0.05, 0) is 55.2 Å². The van der Waals surface area contributed by atoms with Crippen LogP contribution in [0.1, 0.15) is 30.4 Å². The first kappa shape index (κ1) is 14.5.